The molecule has 17 heavy (non-hydrogen) atoms. The Balaban J connectivity index is 2.49. The molecule has 0 aromatic carbocycles. The SMILES string of the molecule is COc1ccc(-c2nc(C)c(I)c(=O)[nH]2)cn1. The maximum atomic E-state index is 11.6. The minimum Gasteiger partial charge on any atom is -0.481 e. The fourth-order valence-corrected chi connectivity index (χ4v) is 1.60. The van der Waals surface area contributed by atoms with Gasteiger partial charge in [0.25, 0.3) is 5.56 Å². The van der Waals surface area contributed by atoms with Crippen molar-refractivity contribution in [3.05, 3.63) is 37.9 Å². The van der Waals surface area contributed by atoms with E-state index in [0.29, 0.717) is 21.0 Å². The van der Waals surface area contributed by atoms with E-state index < -0.39 is 0 Å². The number of pyridine rings is 1. The number of aromatic amines is 1. The van der Waals surface area contributed by atoms with E-state index in [1.54, 1.807) is 32.4 Å². The molecule has 0 aliphatic rings. The summed E-state index contributed by atoms with van der Waals surface area (Å²) in [5, 5.41) is 0. The second kappa shape index (κ2) is 4.82. The van der Waals surface area contributed by atoms with E-state index >= 15 is 0 Å². The van der Waals surface area contributed by atoms with Crippen LogP contribution in [0.15, 0.2) is 23.1 Å². The van der Waals surface area contributed by atoms with Crippen molar-refractivity contribution in [1.29, 1.82) is 0 Å². The first-order chi connectivity index (χ1) is 8.11. The Morgan fingerprint density at radius 2 is 2.18 bits per heavy atom. The van der Waals surface area contributed by atoms with Gasteiger partial charge < -0.3 is 9.72 Å². The molecular formula is C11H10IN3O2. The van der Waals surface area contributed by atoms with Crippen molar-refractivity contribution < 1.29 is 4.74 Å². The summed E-state index contributed by atoms with van der Waals surface area (Å²) in [4.78, 5) is 22.7. The summed E-state index contributed by atoms with van der Waals surface area (Å²) in [6.07, 6.45) is 1.61. The fourth-order valence-electron chi connectivity index (χ4n) is 1.35. The largest absolute Gasteiger partial charge is 0.481 e. The molecule has 0 aliphatic carbocycles. The quantitative estimate of drug-likeness (QED) is 0.844. The molecule has 2 rings (SSSR count). The normalized spacial score (nSPS) is 10.3. The highest BCUT2D eigenvalue weighted by Crippen LogP contribution is 2.16. The van der Waals surface area contributed by atoms with E-state index in [4.69, 9.17) is 4.74 Å². The summed E-state index contributed by atoms with van der Waals surface area (Å²) in [5.74, 6) is 1.04. The van der Waals surface area contributed by atoms with Crippen LogP contribution in [0.3, 0.4) is 0 Å². The molecule has 0 bridgehead atoms. The topological polar surface area (TPSA) is 67.9 Å². The summed E-state index contributed by atoms with van der Waals surface area (Å²) in [7, 11) is 1.55. The number of nitrogens with zero attached hydrogens (tertiary/aromatic N) is 2. The van der Waals surface area contributed by atoms with E-state index in [9.17, 15) is 4.79 Å². The minimum atomic E-state index is -0.135. The van der Waals surface area contributed by atoms with Gasteiger partial charge >= 0.3 is 0 Å². The lowest BCUT2D eigenvalue weighted by Gasteiger charge is -2.04. The summed E-state index contributed by atoms with van der Waals surface area (Å²) >= 11 is 1.97. The standard InChI is InChI=1S/C11H10IN3O2/c1-6-9(12)11(16)15-10(14-6)7-3-4-8(17-2)13-5-7/h3-5H,1-2H3,(H,14,15,16). The molecule has 0 spiro atoms. The number of H-pyrrole nitrogens is 1. The molecule has 2 aromatic rings. The van der Waals surface area contributed by atoms with Crippen molar-refractivity contribution in [1.82, 2.24) is 15.0 Å². The lowest BCUT2D eigenvalue weighted by atomic mass is 10.2. The van der Waals surface area contributed by atoms with Gasteiger partial charge in [-0.05, 0) is 35.6 Å². The number of ether oxygens (including phenoxy) is 1. The van der Waals surface area contributed by atoms with E-state index in [1.165, 1.54) is 0 Å². The smallest absolute Gasteiger partial charge is 0.264 e. The third-order valence-electron chi connectivity index (χ3n) is 2.25. The van der Waals surface area contributed by atoms with E-state index in [-0.39, 0.29) is 5.56 Å². The molecule has 2 aromatic heterocycles. The van der Waals surface area contributed by atoms with Gasteiger partial charge in [0.2, 0.25) is 5.88 Å². The lowest BCUT2D eigenvalue weighted by Crippen LogP contribution is -2.14. The zero-order valence-corrected chi connectivity index (χ0v) is 11.5. The molecule has 0 saturated heterocycles. The molecular weight excluding hydrogens is 333 g/mol. The van der Waals surface area contributed by atoms with Gasteiger partial charge in [-0.15, -0.1) is 0 Å². The van der Waals surface area contributed by atoms with Gasteiger partial charge in [0.1, 0.15) is 5.82 Å². The number of aryl methyl sites for hydroxylation is 1. The van der Waals surface area contributed by atoms with E-state index in [0.717, 1.165) is 5.56 Å². The molecule has 0 saturated carbocycles. The molecule has 0 fully saturated rings. The molecule has 0 radical (unpaired) electrons. The van der Waals surface area contributed by atoms with Gasteiger partial charge in [-0.2, -0.15) is 0 Å². The molecule has 6 heteroatoms. The summed E-state index contributed by atoms with van der Waals surface area (Å²) in [5.41, 5.74) is 1.33. The highest BCUT2D eigenvalue weighted by Gasteiger charge is 2.07. The Labute approximate surface area is 111 Å². The Kier molecular flexibility index (Phi) is 3.41. The Bertz CT molecular complexity index is 593. The van der Waals surface area contributed by atoms with Crippen molar-refractivity contribution in [2.75, 3.05) is 7.11 Å². The molecule has 88 valence electrons. The van der Waals surface area contributed by atoms with Crippen LogP contribution in [0.4, 0.5) is 0 Å². The van der Waals surface area contributed by atoms with Crippen molar-refractivity contribution in [3.8, 4) is 17.3 Å². The van der Waals surface area contributed by atoms with Crippen LogP contribution in [0, 0.1) is 10.5 Å². The average Bonchev–Trinajstić information content (AvgIpc) is 2.35. The van der Waals surface area contributed by atoms with Gasteiger partial charge in [-0.25, -0.2) is 9.97 Å². The Morgan fingerprint density at radius 3 is 2.71 bits per heavy atom. The van der Waals surface area contributed by atoms with Crippen LogP contribution in [0.25, 0.3) is 11.4 Å². The molecule has 1 N–H and O–H groups in total. The molecule has 0 aliphatic heterocycles. The molecule has 0 atom stereocenters. The second-order valence-corrected chi connectivity index (χ2v) is 4.48. The van der Waals surface area contributed by atoms with Gasteiger partial charge in [-0.1, -0.05) is 0 Å². The first-order valence-corrected chi connectivity index (χ1v) is 5.96. The lowest BCUT2D eigenvalue weighted by molar-refractivity contribution is 0.398. The number of hydrogen-bond acceptors (Lipinski definition) is 4. The minimum absolute atomic E-state index is 0.135. The Morgan fingerprint density at radius 1 is 1.41 bits per heavy atom. The van der Waals surface area contributed by atoms with E-state index in [2.05, 4.69) is 15.0 Å². The van der Waals surface area contributed by atoms with Crippen LogP contribution in [-0.2, 0) is 0 Å². The van der Waals surface area contributed by atoms with Crippen molar-refractivity contribution in [2.45, 2.75) is 6.92 Å². The zero-order valence-electron chi connectivity index (χ0n) is 9.32. The molecule has 2 heterocycles. The molecule has 5 nitrogen and oxygen atoms in total. The highest BCUT2D eigenvalue weighted by molar-refractivity contribution is 14.1. The van der Waals surface area contributed by atoms with Gasteiger partial charge in [0, 0.05) is 17.8 Å². The predicted octanol–water partition coefficient (Wildman–Crippen LogP) is 1.75. The summed E-state index contributed by atoms with van der Waals surface area (Å²) < 4.78 is 5.57. The van der Waals surface area contributed by atoms with Crippen molar-refractivity contribution in [2.24, 2.45) is 0 Å². The number of aromatic nitrogens is 3. The summed E-state index contributed by atoms with van der Waals surface area (Å²) in [6.45, 7) is 1.80. The van der Waals surface area contributed by atoms with Gasteiger partial charge in [0.05, 0.1) is 16.4 Å². The van der Waals surface area contributed by atoms with Crippen LogP contribution < -0.4 is 10.3 Å². The van der Waals surface area contributed by atoms with Crippen molar-refractivity contribution >= 4 is 22.6 Å². The Hall–Kier alpha value is -1.44. The van der Waals surface area contributed by atoms with Crippen LogP contribution in [-0.4, -0.2) is 22.1 Å². The molecule has 0 unspecified atom stereocenters. The third-order valence-corrected chi connectivity index (χ3v) is 3.52. The van der Waals surface area contributed by atoms with Crippen molar-refractivity contribution in [3.63, 3.8) is 0 Å². The first-order valence-electron chi connectivity index (χ1n) is 4.88. The van der Waals surface area contributed by atoms with Crippen LogP contribution in [0.5, 0.6) is 5.88 Å². The second-order valence-electron chi connectivity index (χ2n) is 3.40. The highest BCUT2D eigenvalue weighted by atomic mass is 127. The van der Waals surface area contributed by atoms with Gasteiger partial charge in [0.15, 0.2) is 0 Å². The summed E-state index contributed by atoms with van der Waals surface area (Å²) in [6, 6.07) is 3.53. The number of rotatable bonds is 2. The number of nitrogens with one attached hydrogen (secondary N) is 1. The number of hydrogen-bond donors (Lipinski definition) is 1. The third kappa shape index (κ3) is 2.46. The molecule has 0 amide bonds. The van der Waals surface area contributed by atoms with Crippen LogP contribution in [0.2, 0.25) is 0 Å². The first kappa shape index (κ1) is 12.0. The monoisotopic (exact) mass is 343 g/mol. The maximum absolute atomic E-state index is 11.6. The van der Waals surface area contributed by atoms with E-state index in [1.807, 2.05) is 22.6 Å². The predicted molar refractivity (Wildman–Crippen MR) is 72.1 cm³/mol. The fraction of sp³-hybridized carbons (Fsp3) is 0.182. The maximum Gasteiger partial charge on any atom is 0.264 e. The van der Waals surface area contributed by atoms with Gasteiger partial charge in [-0.3, -0.25) is 4.79 Å². The van der Waals surface area contributed by atoms with Crippen LogP contribution in [0.1, 0.15) is 5.69 Å². The zero-order chi connectivity index (χ0) is 12.4. The van der Waals surface area contributed by atoms with Crippen LogP contribution >= 0.6 is 22.6 Å². The number of halogens is 1. The number of methoxy groups -OCH3 is 1. The average molecular weight is 343 g/mol.